The Balaban J connectivity index is 2.01. The van der Waals surface area contributed by atoms with Crippen LogP contribution in [-0.2, 0) is 29.5 Å². The number of nitrogens with zero attached hydrogens (tertiary/aromatic N) is 1. The minimum atomic E-state index is -1.18. The molecule has 0 aromatic heterocycles. The minimum absolute atomic E-state index is 0.111. The standard InChI is InChI=1S/C18H20NO5P/c1-10(2)12-9-24-18-11-7-5-6-8-13(11)25(19(12)18)15(17(21)23-4)14(18)16(20)22-3/h5-8,10,12H,9H2,1-4H3/t12-,18-,25?/m1/s1. The molecule has 132 valence electrons. The normalized spacial score (nSPS) is 29.8. The highest BCUT2D eigenvalue weighted by Crippen LogP contribution is 2.73. The molecule has 1 fully saturated rings. The van der Waals surface area contributed by atoms with Gasteiger partial charge >= 0.3 is 11.9 Å². The van der Waals surface area contributed by atoms with Crippen molar-refractivity contribution in [2.24, 2.45) is 5.92 Å². The second-order valence-corrected chi connectivity index (χ2v) is 8.63. The third-order valence-electron chi connectivity index (χ3n) is 5.14. The summed E-state index contributed by atoms with van der Waals surface area (Å²) < 4.78 is 18.5. The predicted octanol–water partition coefficient (Wildman–Crippen LogP) is 1.85. The Morgan fingerprint density at radius 3 is 2.56 bits per heavy atom. The molecule has 2 bridgehead atoms. The van der Waals surface area contributed by atoms with Gasteiger partial charge in [0.05, 0.1) is 26.1 Å². The average molecular weight is 361 g/mol. The number of hydrogen-bond acceptors (Lipinski definition) is 6. The second-order valence-electron chi connectivity index (χ2n) is 6.65. The molecule has 1 aromatic carbocycles. The maximum Gasteiger partial charge on any atom is 0.340 e. The summed E-state index contributed by atoms with van der Waals surface area (Å²) in [6, 6.07) is 7.98. The van der Waals surface area contributed by atoms with Crippen molar-refractivity contribution >= 4 is 25.3 Å². The number of carbonyl (C=O) groups is 2. The summed E-state index contributed by atoms with van der Waals surface area (Å²) in [5, 5.41) is 1.45. The molecule has 0 spiro atoms. The number of carbonyl (C=O) groups excluding carboxylic acids is 2. The summed E-state index contributed by atoms with van der Waals surface area (Å²) in [5.41, 5.74) is 0.195. The Morgan fingerprint density at radius 2 is 1.92 bits per heavy atom. The van der Waals surface area contributed by atoms with E-state index in [2.05, 4.69) is 18.5 Å². The summed E-state index contributed by atoms with van der Waals surface area (Å²) in [6.07, 6.45) is 0. The van der Waals surface area contributed by atoms with E-state index in [-0.39, 0.29) is 11.6 Å². The molecule has 3 heterocycles. The zero-order valence-corrected chi connectivity index (χ0v) is 15.5. The molecule has 3 atom stereocenters. The number of methoxy groups -OCH3 is 2. The zero-order chi connectivity index (χ0) is 17.9. The smallest absolute Gasteiger partial charge is 0.340 e. The Kier molecular flexibility index (Phi) is 3.76. The fourth-order valence-corrected chi connectivity index (χ4v) is 7.31. The van der Waals surface area contributed by atoms with E-state index >= 15 is 0 Å². The maximum atomic E-state index is 12.7. The van der Waals surface area contributed by atoms with Crippen molar-refractivity contribution in [2.75, 3.05) is 20.8 Å². The van der Waals surface area contributed by atoms with Crippen molar-refractivity contribution in [1.29, 1.82) is 0 Å². The number of hydrogen-bond donors (Lipinski definition) is 0. The molecule has 4 rings (SSSR count). The van der Waals surface area contributed by atoms with E-state index in [4.69, 9.17) is 14.2 Å². The van der Waals surface area contributed by atoms with Crippen molar-refractivity contribution in [3.8, 4) is 0 Å². The lowest BCUT2D eigenvalue weighted by Gasteiger charge is -2.32. The first-order chi connectivity index (χ1) is 12.0. The van der Waals surface area contributed by atoms with E-state index < -0.39 is 25.7 Å². The van der Waals surface area contributed by atoms with E-state index in [1.54, 1.807) is 0 Å². The monoisotopic (exact) mass is 361 g/mol. The molecule has 0 N–H and O–H groups in total. The van der Waals surface area contributed by atoms with Gasteiger partial charge in [-0.25, -0.2) is 14.3 Å². The molecule has 1 saturated heterocycles. The fraction of sp³-hybridized carbons (Fsp3) is 0.444. The predicted molar refractivity (Wildman–Crippen MR) is 92.1 cm³/mol. The van der Waals surface area contributed by atoms with Gasteiger partial charge in [-0.2, -0.15) is 0 Å². The molecule has 3 aliphatic rings. The maximum absolute atomic E-state index is 12.7. The van der Waals surface area contributed by atoms with Crippen LogP contribution in [0.1, 0.15) is 19.4 Å². The Bertz CT molecular complexity index is 804. The van der Waals surface area contributed by atoms with Crippen molar-refractivity contribution in [2.45, 2.75) is 25.6 Å². The lowest BCUT2D eigenvalue weighted by atomic mass is 9.92. The SMILES string of the molecule is COC(=O)C1=C(C(=O)OC)[C@@]23OC[C@H](C(C)C)N2P1c1ccccc13. The van der Waals surface area contributed by atoms with Gasteiger partial charge in [-0.1, -0.05) is 38.1 Å². The van der Waals surface area contributed by atoms with Crippen LogP contribution >= 0.6 is 8.07 Å². The summed E-state index contributed by atoms with van der Waals surface area (Å²) >= 11 is 0. The van der Waals surface area contributed by atoms with Crippen LogP contribution in [0.15, 0.2) is 35.2 Å². The Morgan fingerprint density at radius 1 is 1.24 bits per heavy atom. The van der Waals surface area contributed by atoms with Gasteiger partial charge < -0.3 is 14.2 Å². The van der Waals surface area contributed by atoms with Gasteiger partial charge in [-0.05, 0) is 5.92 Å². The van der Waals surface area contributed by atoms with E-state index in [1.807, 2.05) is 24.3 Å². The highest BCUT2D eigenvalue weighted by atomic mass is 31.1. The van der Waals surface area contributed by atoms with Crippen LogP contribution in [0, 0.1) is 5.92 Å². The molecule has 1 aromatic rings. The molecule has 0 radical (unpaired) electrons. The summed E-state index contributed by atoms with van der Waals surface area (Å²) in [5.74, 6) is -0.702. The first kappa shape index (κ1) is 16.7. The minimum Gasteiger partial charge on any atom is -0.466 e. The van der Waals surface area contributed by atoms with Crippen LogP contribution in [0.25, 0.3) is 0 Å². The third kappa shape index (κ3) is 1.90. The number of fused-ring (bicyclic) bond motifs is 2. The third-order valence-corrected chi connectivity index (χ3v) is 7.82. The number of ether oxygens (including phenoxy) is 3. The second kappa shape index (κ2) is 5.63. The van der Waals surface area contributed by atoms with Gasteiger partial charge in [0.2, 0.25) is 0 Å². The molecular weight excluding hydrogens is 341 g/mol. The fourth-order valence-electron chi connectivity index (χ4n) is 4.04. The molecule has 6 nitrogen and oxygen atoms in total. The van der Waals surface area contributed by atoms with Crippen LogP contribution in [-0.4, -0.2) is 43.5 Å². The van der Waals surface area contributed by atoms with E-state index in [1.165, 1.54) is 14.2 Å². The molecular formula is C18H20NO5P. The lowest BCUT2D eigenvalue weighted by molar-refractivity contribution is -0.142. The number of rotatable bonds is 3. The molecule has 7 heteroatoms. The molecule has 0 amide bonds. The molecule has 1 unspecified atom stereocenters. The van der Waals surface area contributed by atoms with Gasteiger partial charge in [0, 0.05) is 25.0 Å². The molecule has 0 saturated carbocycles. The van der Waals surface area contributed by atoms with Gasteiger partial charge in [0.25, 0.3) is 0 Å². The molecule has 25 heavy (non-hydrogen) atoms. The number of benzene rings is 1. The van der Waals surface area contributed by atoms with Gasteiger partial charge in [0.15, 0.2) is 5.72 Å². The number of esters is 2. The van der Waals surface area contributed by atoms with Crippen molar-refractivity contribution in [3.05, 3.63) is 40.7 Å². The Labute approximate surface area is 147 Å². The van der Waals surface area contributed by atoms with E-state index in [0.717, 1.165) is 10.9 Å². The average Bonchev–Trinajstić information content (AvgIpc) is 3.21. The van der Waals surface area contributed by atoms with Crippen molar-refractivity contribution < 1.29 is 23.8 Å². The van der Waals surface area contributed by atoms with Crippen molar-refractivity contribution in [3.63, 3.8) is 0 Å². The largest absolute Gasteiger partial charge is 0.466 e. The van der Waals surface area contributed by atoms with Gasteiger partial charge in [0.1, 0.15) is 5.57 Å². The van der Waals surface area contributed by atoms with E-state index in [9.17, 15) is 9.59 Å². The quantitative estimate of drug-likeness (QED) is 0.605. The van der Waals surface area contributed by atoms with Crippen LogP contribution in [0.4, 0.5) is 0 Å². The molecule has 3 aliphatic heterocycles. The Hall–Kier alpha value is -1.75. The van der Waals surface area contributed by atoms with Gasteiger partial charge in [-0.15, -0.1) is 0 Å². The summed E-state index contributed by atoms with van der Waals surface area (Å²) in [7, 11) is 1.48. The lowest BCUT2D eigenvalue weighted by Crippen LogP contribution is -2.41. The first-order valence-corrected chi connectivity index (χ1v) is 9.52. The summed E-state index contributed by atoms with van der Waals surface area (Å²) in [6.45, 7) is 4.77. The van der Waals surface area contributed by atoms with Crippen LogP contribution in [0.5, 0.6) is 0 Å². The van der Waals surface area contributed by atoms with Crippen LogP contribution < -0.4 is 5.30 Å². The van der Waals surface area contributed by atoms with Crippen LogP contribution in [0.2, 0.25) is 0 Å². The van der Waals surface area contributed by atoms with Gasteiger partial charge in [-0.3, -0.25) is 0 Å². The zero-order valence-electron chi connectivity index (χ0n) is 14.6. The highest BCUT2D eigenvalue weighted by molar-refractivity contribution is 7.69. The van der Waals surface area contributed by atoms with E-state index in [0.29, 0.717) is 17.8 Å². The topological polar surface area (TPSA) is 65.1 Å². The highest BCUT2D eigenvalue weighted by Gasteiger charge is 2.70. The molecule has 0 aliphatic carbocycles. The summed E-state index contributed by atoms with van der Waals surface area (Å²) in [4.78, 5) is 25.3. The first-order valence-electron chi connectivity index (χ1n) is 8.23. The van der Waals surface area contributed by atoms with Crippen LogP contribution in [0.3, 0.4) is 0 Å². The van der Waals surface area contributed by atoms with Crippen molar-refractivity contribution in [1.82, 2.24) is 4.67 Å².